The molecule has 0 aliphatic carbocycles. The van der Waals surface area contributed by atoms with E-state index >= 15 is 0 Å². The minimum Gasteiger partial charge on any atom is -0.382 e. The van der Waals surface area contributed by atoms with Gasteiger partial charge in [-0.05, 0) is 18.9 Å². The molecule has 2 aromatic rings. The van der Waals surface area contributed by atoms with Gasteiger partial charge in [0.1, 0.15) is 5.82 Å². The van der Waals surface area contributed by atoms with Crippen molar-refractivity contribution in [2.45, 2.75) is 19.9 Å². The third kappa shape index (κ3) is 7.40. The number of aromatic nitrogens is 2. The second kappa shape index (κ2) is 12.1. The largest absolute Gasteiger partial charge is 0.382 e. The van der Waals surface area contributed by atoms with Crippen LogP contribution >= 0.6 is 0 Å². The van der Waals surface area contributed by atoms with Crippen molar-refractivity contribution in [1.29, 1.82) is 0 Å². The molecule has 7 nitrogen and oxygen atoms in total. The van der Waals surface area contributed by atoms with Crippen LogP contribution in [0.1, 0.15) is 19.2 Å². The van der Waals surface area contributed by atoms with E-state index in [-0.39, 0.29) is 0 Å². The summed E-state index contributed by atoms with van der Waals surface area (Å²) in [7, 11) is 3.69. The SMILES string of the molecule is CCNC(=NCCCOCCOC)N(C)Cc1ncc(-c2ccccc2)[nH]1. The standard InChI is InChI=1S/C20H31N5O2/c1-4-21-20(22-11-8-12-27-14-13-26-3)25(2)16-19-23-15-18(24-19)17-9-6-5-7-10-17/h5-7,9-10,15H,4,8,11-14,16H2,1-3H3,(H,21,22)(H,23,24). The highest BCUT2D eigenvalue weighted by Gasteiger charge is 2.09. The van der Waals surface area contributed by atoms with Crippen LogP contribution < -0.4 is 5.32 Å². The van der Waals surface area contributed by atoms with Crippen molar-refractivity contribution < 1.29 is 9.47 Å². The molecule has 0 spiro atoms. The zero-order chi connectivity index (χ0) is 19.3. The summed E-state index contributed by atoms with van der Waals surface area (Å²) in [4.78, 5) is 14.6. The van der Waals surface area contributed by atoms with Gasteiger partial charge in [-0.2, -0.15) is 0 Å². The number of benzene rings is 1. The minimum atomic E-state index is 0.627. The molecule has 27 heavy (non-hydrogen) atoms. The second-order valence-corrected chi connectivity index (χ2v) is 6.16. The Morgan fingerprint density at radius 1 is 1.22 bits per heavy atom. The number of hydrogen-bond donors (Lipinski definition) is 2. The van der Waals surface area contributed by atoms with Crippen LogP contribution in [0.2, 0.25) is 0 Å². The Kier molecular flexibility index (Phi) is 9.37. The summed E-state index contributed by atoms with van der Waals surface area (Å²) in [5.74, 6) is 1.77. The smallest absolute Gasteiger partial charge is 0.194 e. The Hall–Kier alpha value is -2.38. The number of aliphatic imine (C=N–C) groups is 1. The molecular formula is C20H31N5O2. The van der Waals surface area contributed by atoms with Crippen LogP contribution in [0.25, 0.3) is 11.3 Å². The molecule has 0 atom stereocenters. The van der Waals surface area contributed by atoms with Gasteiger partial charge in [-0.3, -0.25) is 4.99 Å². The van der Waals surface area contributed by atoms with Gasteiger partial charge in [0, 0.05) is 33.9 Å². The minimum absolute atomic E-state index is 0.627. The summed E-state index contributed by atoms with van der Waals surface area (Å²) >= 11 is 0. The van der Waals surface area contributed by atoms with E-state index in [1.807, 2.05) is 31.4 Å². The fraction of sp³-hybridized carbons (Fsp3) is 0.500. The molecule has 0 aliphatic heterocycles. The third-order valence-corrected chi connectivity index (χ3v) is 3.94. The molecule has 148 valence electrons. The summed E-state index contributed by atoms with van der Waals surface area (Å²) in [6.07, 6.45) is 2.76. The predicted molar refractivity (Wildman–Crippen MR) is 109 cm³/mol. The molecule has 1 aromatic heterocycles. The summed E-state index contributed by atoms with van der Waals surface area (Å²) in [6.45, 7) is 6.20. The van der Waals surface area contributed by atoms with E-state index in [0.29, 0.717) is 32.9 Å². The number of methoxy groups -OCH3 is 1. The quantitative estimate of drug-likeness (QED) is 0.360. The van der Waals surface area contributed by atoms with Crippen LogP contribution in [0.15, 0.2) is 41.5 Å². The van der Waals surface area contributed by atoms with Gasteiger partial charge >= 0.3 is 0 Å². The van der Waals surface area contributed by atoms with E-state index in [1.54, 1.807) is 7.11 Å². The molecule has 1 aromatic carbocycles. The number of rotatable bonds is 11. The molecule has 0 aliphatic rings. The molecular weight excluding hydrogens is 342 g/mol. The Labute approximate surface area is 161 Å². The first-order valence-corrected chi connectivity index (χ1v) is 9.40. The molecule has 1 heterocycles. The molecule has 0 saturated carbocycles. The molecule has 2 N–H and O–H groups in total. The van der Waals surface area contributed by atoms with Gasteiger partial charge in [0.2, 0.25) is 0 Å². The molecule has 0 radical (unpaired) electrons. The lowest BCUT2D eigenvalue weighted by Crippen LogP contribution is -2.38. The van der Waals surface area contributed by atoms with Gasteiger partial charge in [0.05, 0.1) is 31.6 Å². The molecule has 0 saturated heterocycles. The maximum Gasteiger partial charge on any atom is 0.194 e. The average molecular weight is 374 g/mol. The first-order valence-electron chi connectivity index (χ1n) is 9.40. The van der Waals surface area contributed by atoms with Crippen molar-refractivity contribution in [3.8, 4) is 11.3 Å². The number of guanidine groups is 1. The molecule has 2 rings (SSSR count). The van der Waals surface area contributed by atoms with Crippen LogP contribution in [0.4, 0.5) is 0 Å². The molecule has 0 bridgehead atoms. The summed E-state index contributed by atoms with van der Waals surface area (Å²) in [6, 6.07) is 10.2. The first kappa shape index (κ1) is 20.9. The number of nitrogens with zero attached hydrogens (tertiary/aromatic N) is 3. The van der Waals surface area contributed by atoms with Gasteiger partial charge in [0.25, 0.3) is 0 Å². The van der Waals surface area contributed by atoms with E-state index in [1.165, 1.54) is 0 Å². The maximum absolute atomic E-state index is 5.47. The fourth-order valence-electron chi connectivity index (χ4n) is 2.57. The topological polar surface area (TPSA) is 74.8 Å². The number of aromatic amines is 1. The summed E-state index contributed by atoms with van der Waals surface area (Å²) in [5.41, 5.74) is 2.15. The van der Waals surface area contributed by atoms with Gasteiger partial charge < -0.3 is 24.7 Å². The summed E-state index contributed by atoms with van der Waals surface area (Å²) < 4.78 is 10.4. The predicted octanol–water partition coefficient (Wildman–Crippen LogP) is 2.53. The normalized spacial score (nSPS) is 11.6. The molecule has 0 unspecified atom stereocenters. The number of imidazole rings is 1. The van der Waals surface area contributed by atoms with Crippen LogP contribution in [0.3, 0.4) is 0 Å². The number of ether oxygens (including phenoxy) is 2. The van der Waals surface area contributed by atoms with Gasteiger partial charge in [-0.25, -0.2) is 4.98 Å². The Balaban J connectivity index is 1.86. The van der Waals surface area contributed by atoms with Gasteiger partial charge in [-0.1, -0.05) is 30.3 Å². The van der Waals surface area contributed by atoms with Crippen molar-refractivity contribution in [1.82, 2.24) is 20.2 Å². The molecule has 7 heteroatoms. The van der Waals surface area contributed by atoms with Gasteiger partial charge in [-0.15, -0.1) is 0 Å². The summed E-state index contributed by atoms with van der Waals surface area (Å²) in [5, 5.41) is 3.33. The van der Waals surface area contributed by atoms with Crippen molar-refractivity contribution in [3.05, 3.63) is 42.4 Å². The Morgan fingerprint density at radius 2 is 2.04 bits per heavy atom. The van der Waals surface area contributed by atoms with Crippen LogP contribution in [-0.4, -0.2) is 67.9 Å². The number of H-pyrrole nitrogens is 1. The van der Waals surface area contributed by atoms with Crippen molar-refractivity contribution in [2.24, 2.45) is 4.99 Å². The molecule has 0 fully saturated rings. The van der Waals surface area contributed by atoms with Crippen molar-refractivity contribution >= 4 is 5.96 Å². The second-order valence-electron chi connectivity index (χ2n) is 6.16. The van der Waals surface area contributed by atoms with E-state index < -0.39 is 0 Å². The highest BCUT2D eigenvalue weighted by molar-refractivity contribution is 5.79. The van der Waals surface area contributed by atoms with Crippen LogP contribution in [0.5, 0.6) is 0 Å². The highest BCUT2D eigenvalue weighted by Crippen LogP contribution is 2.16. The zero-order valence-corrected chi connectivity index (χ0v) is 16.6. The van der Waals surface area contributed by atoms with Crippen LogP contribution in [-0.2, 0) is 16.0 Å². The van der Waals surface area contributed by atoms with Crippen molar-refractivity contribution in [3.63, 3.8) is 0 Å². The number of nitrogens with one attached hydrogen (secondary N) is 2. The Bertz CT molecular complexity index is 672. The van der Waals surface area contributed by atoms with E-state index in [4.69, 9.17) is 9.47 Å². The third-order valence-electron chi connectivity index (χ3n) is 3.94. The van der Waals surface area contributed by atoms with E-state index in [0.717, 1.165) is 36.0 Å². The monoisotopic (exact) mass is 373 g/mol. The van der Waals surface area contributed by atoms with E-state index in [2.05, 4.69) is 44.2 Å². The highest BCUT2D eigenvalue weighted by atomic mass is 16.5. The lowest BCUT2D eigenvalue weighted by Gasteiger charge is -2.21. The number of hydrogen-bond acceptors (Lipinski definition) is 4. The maximum atomic E-state index is 5.47. The lowest BCUT2D eigenvalue weighted by molar-refractivity contribution is 0.0702. The van der Waals surface area contributed by atoms with Gasteiger partial charge in [0.15, 0.2) is 5.96 Å². The fourth-order valence-corrected chi connectivity index (χ4v) is 2.57. The van der Waals surface area contributed by atoms with Crippen LogP contribution in [0, 0.1) is 0 Å². The molecule has 0 amide bonds. The Morgan fingerprint density at radius 3 is 2.78 bits per heavy atom. The first-order chi connectivity index (χ1) is 13.2. The van der Waals surface area contributed by atoms with E-state index in [9.17, 15) is 0 Å². The lowest BCUT2D eigenvalue weighted by atomic mass is 10.2. The van der Waals surface area contributed by atoms with Crippen molar-refractivity contribution in [2.75, 3.05) is 47.1 Å². The zero-order valence-electron chi connectivity index (χ0n) is 16.6. The average Bonchev–Trinajstić information content (AvgIpc) is 3.15.